The monoisotopic (exact) mass is 1030 g/mol. The molecule has 0 aliphatic rings. The Balaban J connectivity index is 4.75. The molecule has 0 bridgehead atoms. The molecule has 3 unspecified atom stereocenters. The Bertz CT molecular complexity index is 1440. The number of hydrogen-bond donors (Lipinski definition) is 2. The molecule has 0 fully saturated rings. The van der Waals surface area contributed by atoms with Gasteiger partial charge in [-0.1, -0.05) is 223 Å². The SMILES string of the molecule is CC/C=C\C/C=C\C/C=C\C/C=C\CCCCCCCCC(=O)OC(COC(=O)CCCCCCC/C=C\CCCCCCCC)COP(=O)(O)OCC(CO)OC(=O)CCCCCCCCCCCCC. The highest BCUT2D eigenvalue weighted by molar-refractivity contribution is 7.47. The molecule has 12 heteroatoms. The van der Waals surface area contributed by atoms with Crippen molar-refractivity contribution in [2.45, 2.75) is 277 Å². The second-order valence-corrected chi connectivity index (χ2v) is 20.9. The summed E-state index contributed by atoms with van der Waals surface area (Å²) in [5.41, 5.74) is 0. The summed E-state index contributed by atoms with van der Waals surface area (Å²) in [6, 6.07) is 0. The average Bonchev–Trinajstić information content (AvgIpc) is 3.37. The normalized spacial score (nSPS) is 13.8. The Morgan fingerprint density at radius 2 is 0.722 bits per heavy atom. The van der Waals surface area contributed by atoms with Crippen LogP contribution in [0.1, 0.15) is 265 Å². The lowest BCUT2D eigenvalue weighted by Crippen LogP contribution is -2.30. The van der Waals surface area contributed by atoms with E-state index >= 15 is 0 Å². The first kappa shape index (κ1) is 69.2. The van der Waals surface area contributed by atoms with Crippen molar-refractivity contribution < 1.29 is 52.2 Å². The van der Waals surface area contributed by atoms with Gasteiger partial charge in [-0.15, -0.1) is 0 Å². The molecular weight excluding hydrogens is 928 g/mol. The fourth-order valence-corrected chi connectivity index (χ4v) is 8.77. The fourth-order valence-electron chi connectivity index (χ4n) is 7.99. The predicted molar refractivity (Wildman–Crippen MR) is 298 cm³/mol. The number of phosphoric ester groups is 1. The van der Waals surface area contributed by atoms with Crippen LogP contribution in [0.4, 0.5) is 0 Å². The van der Waals surface area contributed by atoms with Crippen molar-refractivity contribution in [3.8, 4) is 0 Å². The second kappa shape index (κ2) is 54.4. The predicted octanol–water partition coefficient (Wildman–Crippen LogP) is 17.1. The summed E-state index contributed by atoms with van der Waals surface area (Å²) in [7, 11) is -4.75. The molecule has 0 aromatic carbocycles. The third-order valence-corrected chi connectivity index (χ3v) is 13.4. The van der Waals surface area contributed by atoms with Crippen LogP contribution in [0.5, 0.6) is 0 Å². The van der Waals surface area contributed by atoms with Crippen LogP contribution in [-0.4, -0.2) is 66.5 Å². The largest absolute Gasteiger partial charge is 0.472 e. The van der Waals surface area contributed by atoms with E-state index in [9.17, 15) is 28.9 Å². The standard InChI is InChI=1S/C60H107O11P/c1-4-7-10-13-16-19-22-24-26-27-28-29-31-33-36-39-42-45-48-51-60(64)71-57(53-67-58(62)49-46-43-40-37-35-32-30-25-23-20-17-14-11-8-5-2)55-69-72(65,66)68-54-56(52-61)70-59(63)50-47-44-41-38-34-21-18-15-12-9-6-3/h7,10,16,19,24-26,28-30,56-57,61H,4-6,8-9,11-15,17-18,20-23,27,31-55H2,1-3H3,(H,65,66)/b10-7-,19-16-,26-24-,29-28-,30-25-. The van der Waals surface area contributed by atoms with Gasteiger partial charge in [0.1, 0.15) is 12.7 Å². The minimum atomic E-state index is -4.75. The summed E-state index contributed by atoms with van der Waals surface area (Å²) in [6.07, 6.45) is 58.9. The molecule has 0 aliphatic heterocycles. The first-order valence-electron chi connectivity index (χ1n) is 29.2. The second-order valence-electron chi connectivity index (χ2n) is 19.4. The third-order valence-electron chi connectivity index (χ3n) is 12.4. The maximum absolute atomic E-state index is 12.9. The van der Waals surface area contributed by atoms with Crippen LogP contribution in [0, 0.1) is 0 Å². The molecule has 418 valence electrons. The molecule has 0 saturated carbocycles. The zero-order valence-electron chi connectivity index (χ0n) is 46.1. The molecule has 0 aromatic rings. The number of rotatable bonds is 54. The van der Waals surface area contributed by atoms with Crippen molar-refractivity contribution in [2.75, 3.05) is 26.4 Å². The van der Waals surface area contributed by atoms with E-state index in [2.05, 4.69) is 81.5 Å². The van der Waals surface area contributed by atoms with Gasteiger partial charge in [0, 0.05) is 19.3 Å². The van der Waals surface area contributed by atoms with Gasteiger partial charge in [-0.05, 0) is 83.5 Å². The zero-order valence-corrected chi connectivity index (χ0v) is 47.0. The number of esters is 3. The molecule has 0 heterocycles. The number of phosphoric acid groups is 1. The topological polar surface area (TPSA) is 155 Å². The molecule has 3 atom stereocenters. The summed E-state index contributed by atoms with van der Waals surface area (Å²) >= 11 is 0. The zero-order chi connectivity index (χ0) is 52.7. The number of aliphatic hydroxyl groups excluding tert-OH is 1. The molecule has 11 nitrogen and oxygen atoms in total. The van der Waals surface area contributed by atoms with Crippen molar-refractivity contribution in [3.05, 3.63) is 60.8 Å². The van der Waals surface area contributed by atoms with Crippen molar-refractivity contribution in [1.82, 2.24) is 0 Å². The molecule has 0 aliphatic carbocycles. The van der Waals surface area contributed by atoms with Crippen LogP contribution in [0.2, 0.25) is 0 Å². The third kappa shape index (κ3) is 52.1. The number of aliphatic hydroxyl groups is 1. The summed E-state index contributed by atoms with van der Waals surface area (Å²) in [5.74, 6) is -1.48. The smallest absolute Gasteiger partial charge is 0.462 e. The average molecular weight is 1040 g/mol. The Labute approximate surface area is 440 Å². The van der Waals surface area contributed by atoms with E-state index < -0.39 is 57.8 Å². The summed E-state index contributed by atoms with van der Waals surface area (Å²) in [4.78, 5) is 48.5. The van der Waals surface area contributed by atoms with Gasteiger partial charge in [-0.3, -0.25) is 23.4 Å². The van der Waals surface area contributed by atoms with Crippen molar-refractivity contribution in [1.29, 1.82) is 0 Å². The van der Waals surface area contributed by atoms with E-state index in [-0.39, 0.29) is 25.9 Å². The van der Waals surface area contributed by atoms with E-state index in [1.54, 1.807) is 0 Å². The van der Waals surface area contributed by atoms with Crippen LogP contribution in [0.3, 0.4) is 0 Å². The minimum absolute atomic E-state index is 0.150. The van der Waals surface area contributed by atoms with Gasteiger partial charge < -0.3 is 24.2 Å². The van der Waals surface area contributed by atoms with Gasteiger partial charge in [0.05, 0.1) is 19.8 Å². The number of hydrogen-bond acceptors (Lipinski definition) is 10. The maximum Gasteiger partial charge on any atom is 0.472 e. The summed E-state index contributed by atoms with van der Waals surface area (Å²) < 4.78 is 39.5. The van der Waals surface area contributed by atoms with Gasteiger partial charge in [-0.25, -0.2) is 4.57 Å². The number of carbonyl (C=O) groups is 3. The Kier molecular flexibility index (Phi) is 52.3. The molecule has 0 rings (SSSR count). The maximum atomic E-state index is 12.9. The first-order valence-corrected chi connectivity index (χ1v) is 30.7. The number of ether oxygens (including phenoxy) is 3. The summed E-state index contributed by atoms with van der Waals surface area (Å²) in [6.45, 7) is 4.51. The molecule has 2 N–H and O–H groups in total. The van der Waals surface area contributed by atoms with Gasteiger partial charge in [0.2, 0.25) is 0 Å². The lowest BCUT2D eigenvalue weighted by molar-refractivity contribution is -0.161. The summed E-state index contributed by atoms with van der Waals surface area (Å²) in [5, 5.41) is 9.79. The van der Waals surface area contributed by atoms with E-state index in [1.165, 1.54) is 83.5 Å². The van der Waals surface area contributed by atoms with E-state index in [1.807, 2.05) is 0 Å². The van der Waals surface area contributed by atoms with Crippen molar-refractivity contribution in [3.63, 3.8) is 0 Å². The fraction of sp³-hybridized carbons (Fsp3) is 0.783. The van der Waals surface area contributed by atoms with Crippen LogP contribution in [0.15, 0.2) is 60.8 Å². The number of allylic oxidation sites excluding steroid dienone is 10. The molecule has 0 amide bonds. The molecule has 0 radical (unpaired) electrons. The van der Waals surface area contributed by atoms with Gasteiger partial charge in [0.25, 0.3) is 0 Å². The van der Waals surface area contributed by atoms with Gasteiger partial charge >= 0.3 is 25.7 Å². The number of unbranched alkanes of at least 4 members (excludes halogenated alkanes) is 27. The first-order chi connectivity index (χ1) is 35.2. The van der Waals surface area contributed by atoms with E-state index in [0.717, 1.165) is 122 Å². The molecular formula is C60H107O11P. The molecule has 0 saturated heterocycles. The lowest BCUT2D eigenvalue weighted by atomic mass is 10.1. The lowest BCUT2D eigenvalue weighted by Gasteiger charge is -2.21. The highest BCUT2D eigenvalue weighted by Gasteiger charge is 2.28. The number of carbonyl (C=O) groups excluding carboxylic acids is 3. The Hall–Kier alpha value is -2.82. The van der Waals surface area contributed by atoms with Crippen molar-refractivity contribution >= 4 is 25.7 Å². The highest BCUT2D eigenvalue weighted by atomic mass is 31.2. The van der Waals surface area contributed by atoms with E-state index in [0.29, 0.717) is 19.3 Å². The molecule has 0 aromatic heterocycles. The van der Waals surface area contributed by atoms with Gasteiger partial charge in [-0.2, -0.15) is 0 Å². The molecule has 0 spiro atoms. The van der Waals surface area contributed by atoms with Crippen LogP contribution < -0.4 is 0 Å². The van der Waals surface area contributed by atoms with E-state index in [4.69, 9.17) is 23.3 Å². The van der Waals surface area contributed by atoms with Crippen molar-refractivity contribution in [2.24, 2.45) is 0 Å². The van der Waals surface area contributed by atoms with Crippen LogP contribution >= 0.6 is 7.82 Å². The molecule has 72 heavy (non-hydrogen) atoms. The Morgan fingerprint density at radius 1 is 0.403 bits per heavy atom. The highest BCUT2D eigenvalue weighted by Crippen LogP contribution is 2.43. The Morgan fingerprint density at radius 3 is 1.12 bits per heavy atom. The minimum Gasteiger partial charge on any atom is -0.462 e. The quantitative estimate of drug-likeness (QED) is 0.0197. The van der Waals surface area contributed by atoms with Crippen LogP contribution in [-0.2, 0) is 42.2 Å². The van der Waals surface area contributed by atoms with Crippen LogP contribution in [0.25, 0.3) is 0 Å². The van der Waals surface area contributed by atoms with Gasteiger partial charge in [0.15, 0.2) is 6.10 Å².